The Hall–Kier alpha value is -0.750. The Kier molecular flexibility index (Phi) is 1.50. The van der Waals surface area contributed by atoms with E-state index in [0.717, 1.165) is 3.79 Å². The minimum atomic E-state index is -0.197. The fourth-order valence-electron chi connectivity index (χ4n) is 0.765. The van der Waals surface area contributed by atoms with Crippen molar-refractivity contribution in [1.82, 2.24) is 15.4 Å². The van der Waals surface area contributed by atoms with Crippen LogP contribution in [-0.4, -0.2) is 15.4 Å². The van der Waals surface area contributed by atoms with Gasteiger partial charge in [0.25, 0.3) is 5.56 Å². The molecule has 0 amide bonds. The lowest BCUT2D eigenvalue weighted by Gasteiger charge is -1.80. The third-order valence-corrected chi connectivity index (χ3v) is 2.74. The predicted molar refractivity (Wildman–Crippen MR) is 45.7 cm³/mol. The first-order valence-electron chi connectivity index (χ1n) is 2.78. The van der Waals surface area contributed by atoms with E-state index in [-0.39, 0.29) is 5.56 Å². The molecule has 0 saturated carbocycles. The highest BCUT2D eigenvalue weighted by Gasteiger charge is 2.03. The first kappa shape index (κ1) is 6.93. The quantitative estimate of drug-likeness (QED) is 0.740. The molecule has 2 heterocycles. The van der Waals surface area contributed by atoms with Crippen molar-refractivity contribution in [1.29, 1.82) is 0 Å². The summed E-state index contributed by atoms with van der Waals surface area (Å²) in [5, 5.41) is 10.0. The summed E-state index contributed by atoms with van der Waals surface area (Å²) in [5.74, 6) is 0. The SMILES string of the molecule is O=c1[nH]nnc2sc(Br)cc12. The molecule has 4 nitrogen and oxygen atoms in total. The van der Waals surface area contributed by atoms with Crippen molar-refractivity contribution in [2.75, 3.05) is 0 Å². The number of aromatic nitrogens is 3. The van der Waals surface area contributed by atoms with Gasteiger partial charge in [0.2, 0.25) is 0 Å². The molecule has 0 aliphatic carbocycles. The van der Waals surface area contributed by atoms with Crippen LogP contribution in [0.5, 0.6) is 0 Å². The number of thiophene rings is 1. The molecule has 0 bridgehead atoms. The summed E-state index contributed by atoms with van der Waals surface area (Å²) >= 11 is 4.65. The van der Waals surface area contributed by atoms with Crippen LogP contribution in [0.1, 0.15) is 0 Å². The van der Waals surface area contributed by atoms with Crippen LogP contribution in [0.15, 0.2) is 14.6 Å². The summed E-state index contributed by atoms with van der Waals surface area (Å²) in [4.78, 5) is 11.7. The summed E-state index contributed by atoms with van der Waals surface area (Å²) in [6.45, 7) is 0. The molecule has 2 aromatic heterocycles. The third kappa shape index (κ3) is 1.08. The number of aromatic amines is 1. The van der Waals surface area contributed by atoms with Gasteiger partial charge in [0.1, 0.15) is 0 Å². The number of fused-ring (bicyclic) bond motifs is 1. The summed E-state index contributed by atoms with van der Waals surface area (Å²) in [5.41, 5.74) is -0.197. The van der Waals surface area contributed by atoms with Crippen molar-refractivity contribution in [2.24, 2.45) is 0 Å². The van der Waals surface area contributed by atoms with Gasteiger partial charge in [0.15, 0.2) is 4.83 Å². The van der Waals surface area contributed by atoms with Crippen molar-refractivity contribution >= 4 is 37.5 Å². The molecule has 0 spiro atoms. The maximum Gasteiger partial charge on any atom is 0.275 e. The zero-order valence-electron chi connectivity index (χ0n) is 5.17. The molecule has 6 heteroatoms. The molecule has 0 unspecified atom stereocenters. The number of rotatable bonds is 0. The Morgan fingerprint density at radius 1 is 1.64 bits per heavy atom. The smallest absolute Gasteiger partial charge is 0.267 e. The zero-order valence-corrected chi connectivity index (χ0v) is 7.57. The van der Waals surface area contributed by atoms with Crippen LogP contribution >= 0.6 is 27.3 Å². The molecule has 0 aliphatic rings. The standard InChI is InChI=1S/C5H2BrN3OS/c6-3-1-2-4(10)7-9-8-5(2)11-3/h1H,(H,7,8,10). The van der Waals surface area contributed by atoms with Crippen molar-refractivity contribution in [3.63, 3.8) is 0 Å². The highest BCUT2D eigenvalue weighted by molar-refractivity contribution is 9.11. The second-order valence-electron chi connectivity index (χ2n) is 1.91. The molecular formula is C5H2BrN3OS. The van der Waals surface area contributed by atoms with E-state index in [1.165, 1.54) is 11.3 Å². The molecule has 1 N–H and O–H groups in total. The molecule has 0 aromatic carbocycles. The van der Waals surface area contributed by atoms with E-state index in [0.29, 0.717) is 10.2 Å². The van der Waals surface area contributed by atoms with Crippen LogP contribution in [0.25, 0.3) is 10.2 Å². The average molecular weight is 232 g/mol. The first-order chi connectivity index (χ1) is 5.27. The Morgan fingerprint density at radius 3 is 3.18 bits per heavy atom. The summed E-state index contributed by atoms with van der Waals surface area (Å²) in [6, 6.07) is 1.73. The maximum absolute atomic E-state index is 11.0. The molecule has 2 rings (SSSR count). The van der Waals surface area contributed by atoms with Gasteiger partial charge in [-0.1, -0.05) is 5.21 Å². The van der Waals surface area contributed by atoms with Gasteiger partial charge in [-0.25, -0.2) is 5.10 Å². The molecule has 0 fully saturated rings. The van der Waals surface area contributed by atoms with Crippen molar-refractivity contribution in [3.05, 3.63) is 20.2 Å². The van der Waals surface area contributed by atoms with Crippen LogP contribution in [-0.2, 0) is 0 Å². The number of hydrogen-bond donors (Lipinski definition) is 1. The van der Waals surface area contributed by atoms with Gasteiger partial charge >= 0.3 is 0 Å². The second kappa shape index (κ2) is 2.38. The summed E-state index contributed by atoms with van der Waals surface area (Å²) < 4.78 is 0.888. The van der Waals surface area contributed by atoms with Gasteiger partial charge in [-0.05, 0) is 22.0 Å². The van der Waals surface area contributed by atoms with Gasteiger partial charge in [0, 0.05) is 0 Å². The molecule has 0 atom stereocenters. The van der Waals surface area contributed by atoms with Gasteiger partial charge in [-0.15, -0.1) is 16.4 Å². The molecule has 11 heavy (non-hydrogen) atoms. The summed E-state index contributed by atoms with van der Waals surface area (Å²) in [7, 11) is 0. The lowest BCUT2D eigenvalue weighted by Crippen LogP contribution is -2.07. The minimum absolute atomic E-state index is 0.197. The van der Waals surface area contributed by atoms with Crippen LogP contribution in [0.3, 0.4) is 0 Å². The van der Waals surface area contributed by atoms with Crippen molar-refractivity contribution < 1.29 is 0 Å². The lowest BCUT2D eigenvalue weighted by molar-refractivity contribution is 0.877. The topological polar surface area (TPSA) is 58.6 Å². The van der Waals surface area contributed by atoms with Gasteiger partial charge in [0.05, 0.1) is 9.17 Å². The fourth-order valence-corrected chi connectivity index (χ4v) is 2.16. The van der Waals surface area contributed by atoms with Crippen LogP contribution in [0.4, 0.5) is 0 Å². The fraction of sp³-hybridized carbons (Fsp3) is 0. The van der Waals surface area contributed by atoms with Crippen molar-refractivity contribution in [2.45, 2.75) is 0 Å². The highest BCUT2D eigenvalue weighted by Crippen LogP contribution is 2.24. The van der Waals surface area contributed by atoms with E-state index in [1.807, 2.05) is 0 Å². The molecule has 56 valence electrons. The van der Waals surface area contributed by atoms with E-state index < -0.39 is 0 Å². The average Bonchev–Trinajstić information content (AvgIpc) is 2.31. The van der Waals surface area contributed by atoms with Gasteiger partial charge in [-0.2, -0.15) is 0 Å². The number of H-pyrrole nitrogens is 1. The van der Waals surface area contributed by atoms with Gasteiger partial charge in [-0.3, -0.25) is 4.79 Å². The van der Waals surface area contributed by atoms with E-state index in [4.69, 9.17) is 0 Å². The molecule has 0 saturated heterocycles. The Labute approximate surface area is 73.4 Å². The second-order valence-corrected chi connectivity index (χ2v) is 4.32. The maximum atomic E-state index is 11.0. The Morgan fingerprint density at radius 2 is 2.45 bits per heavy atom. The normalized spacial score (nSPS) is 10.6. The van der Waals surface area contributed by atoms with Gasteiger partial charge < -0.3 is 0 Å². The summed E-state index contributed by atoms with van der Waals surface area (Å²) in [6.07, 6.45) is 0. The van der Waals surface area contributed by atoms with Crippen molar-refractivity contribution in [3.8, 4) is 0 Å². The molecular weight excluding hydrogens is 230 g/mol. The molecule has 2 aromatic rings. The van der Waals surface area contributed by atoms with E-state index >= 15 is 0 Å². The molecule has 0 aliphatic heterocycles. The third-order valence-electron chi connectivity index (χ3n) is 1.22. The number of halogens is 1. The predicted octanol–water partition coefficient (Wildman–Crippen LogP) is 1.14. The number of nitrogens with one attached hydrogen (secondary N) is 1. The van der Waals surface area contributed by atoms with E-state index in [1.54, 1.807) is 6.07 Å². The van der Waals surface area contributed by atoms with Crippen LogP contribution in [0.2, 0.25) is 0 Å². The number of hydrogen-bond acceptors (Lipinski definition) is 4. The largest absolute Gasteiger partial charge is 0.275 e. The molecule has 0 radical (unpaired) electrons. The Bertz CT molecular complexity index is 448. The van der Waals surface area contributed by atoms with E-state index in [2.05, 4.69) is 31.3 Å². The lowest BCUT2D eigenvalue weighted by atomic mass is 10.4. The van der Waals surface area contributed by atoms with Crippen LogP contribution in [0, 0.1) is 0 Å². The van der Waals surface area contributed by atoms with E-state index in [9.17, 15) is 4.79 Å². The Balaban J connectivity index is 3.02. The van der Waals surface area contributed by atoms with Crippen LogP contribution < -0.4 is 5.56 Å². The zero-order chi connectivity index (χ0) is 7.84. The minimum Gasteiger partial charge on any atom is -0.267 e. The highest BCUT2D eigenvalue weighted by atomic mass is 79.9. The first-order valence-corrected chi connectivity index (χ1v) is 4.39. The number of nitrogens with zero attached hydrogens (tertiary/aromatic N) is 2. The monoisotopic (exact) mass is 231 g/mol.